The van der Waals surface area contributed by atoms with Crippen molar-refractivity contribution in [3.05, 3.63) is 72.3 Å². The minimum atomic E-state index is -0.919. The minimum Gasteiger partial charge on any atom is -0.460 e. The van der Waals surface area contributed by atoms with Crippen LogP contribution in [0.3, 0.4) is 0 Å². The number of thioether (sulfide) groups is 2. The van der Waals surface area contributed by atoms with E-state index in [1.54, 1.807) is 11.8 Å². The predicted molar refractivity (Wildman–Crippen MR) is 205 cm³/mol. The molecule has 50 heavy (non-hydrogen) atoms. The summed E-state index contributed by atoms with van der Waals surface area (Å²) in [4.78, 5) is 7.04. The molecule has 2 aromatic rings. The van der Waals surface area contributed by atoms with Gasteiger partial charge in [0, 0.05) is 41.3 Å². The first-order valence-corrected chi connectivity index (χ1v) is 20.9. The molecule has 0 radical (unpaired) electrons. The van der Waals surface area contributed by atoms with Crippen molar-refractivity contribution in [2.24, 2.45) is 22.9 Å². The van der Waals surface area contributed by atoms with Gasteiger partial charge >= 0.3 is 0 Å². The van der Waals surface area contributed by atoms with E-state index < -0.39 is 5.79 Å². The molecule has 2 aromatic carbocycles. The number of hydrogen-bond donors (Lipinski definition) is 2. The van der Waals surface area contributed by atoms with E-state index >= 15 is 0 Å². The molecule has 272 valence electrons. The number of nitrogens with zero attached hydrogens (tertiary/aromatic N) is 1. The summed E-state index contributed by atoms with van der Waals surface area (Å²) in [6.45, 7) is 7.30. The molecular weight excluding hydrogens is 667 g/mol. The summed E-state index contributed by atoms with van der Waals surface area (Å²) < 4.78 is 20.9. The molecule has 9 heteroatoms. The molecule has 0 bridgehead atoms. The van der Waals surface area contributed by atoms with Crippen molar-refractivity contribution in [1.82, 2.24) is 0 Å². The number of unbranched alkanes of at least 4 members (excludes halogenated alkanes) is 2. The van der Waals surface area contributed by atoms with E-state index in [9.17, 15) is 10.2 Å². The molecule has 2 N–H and O–H groups in total. The Morgan fingerprint density at radius 1 is 1.00 bits per heavy atom. The van der Waals surface area contributed by atoms with Crippen molar-refractivity contribution in [3.63, 3.8) is 0 Å². The Morgan fingerprint density at radius 2 is 1.74 bits per heavy atom. The average molecular weight is 722 g/mol. The second-order valence-electron chi connectivity index (χ2n) is 14.0. The van der Waals surface area contributed by atoms with Gasteiger partial charge in [0.15, 0.2) is 0 Å². The maximum Gasteiger partial charge on any atom is 0.230 e. The Labute approximate surface area is 307 Å². The van der Waals surface area contributed by atoms with Gasteiger partial charge in [0.05, 0.1) is 23.5 Å². The van der Waals surface area contributed by atoms with Crippen LogP contribution in [0.4, 0.5) is 0 Å². The summed E-state index contributed by atoms with van der Waals surface area (Å²) >= 11 is 3.74. The predicted octanol–water partition coefficient (Wildman–Crippen LogP) is 9.53. The third-order valence-electron chi connectivity index (χ3n) is 10.9. The summed E-state index contributed by atoms with van der Waals surface area (Å²) in [5.41, 5.74) is 3.32. The van der Waals surface area contributed by atoms with Gasteiger partial charge in [0.25, 0.3) is 0 Å². The number of rotatable bonds is 18. The molecule has 0 saturated heterocycles. The Morgan fingerprint density at radius 3 is 2.44 bits per heavy atom. The largest absolute Gasteiger partial charge is 0.460 e. The molecule has 1 heterocycles. The molecular formula is C41H55NO6S2. The molecule has 6 rings (SSSR count). The fourth-order valence-corrected chi connectivity index (χ4v) is 10.9. The number of benzene rings is 2. The number of aliphatic hydroxyl groups is 2. The Bertz CT molecular complexity index is 1470. The van der Waals surface area contributed by atoms with E-state index in [2.05, 4.69) is 43.2 Å². The van der Waals surface area contributed by atoms with Crippen molar-refractivity contribution in [2.75, 3.05) is 32.7 Å². The van der Waals surface area contributed by atoms with Crippen LogP contribution in [0.1, 0.15) is 89.0 Å². The number of fused-ring (bicyclic) bond motifs is 2. The first-order chi connectivity index (χ1) is 24.5. The highest BCUT2D eigenvalue weighted by atomic mass is 32.2. The molecule has 7 nitrogen and oxygen atoms in total. The number of allylic oxidation sites excluding steroid dienone is 1. The van der Waals surface area contributed by atoms with Crippen LogP contribution in [-0.4, -0.2) is 64.9 Å². The van der Waals surface area contributed by atoms with Gasteiger partial charge in [-0.25, -0.2) is 0 Å². The molecule has 3 aliphatic carbocycles. The van der Waals surface area contributed by atoms with Crippen molar-refractivity contribution in [2.45, 2.75) is 105 Å². The molecule has 0 amide bonds. The monoisotopic (exact) mass is 721 g/mol. The Hall–Kier alpha value is -2.43. The molecule has 1 aliphatic heterocycles. The standard InChI is InChI=1S/C41H55NO6S2/c1-4-24-45-41-38(50-32-13-6-7-14-32)27-36(42-46-5-2)34-25-28(12-8-10-22-43)33(15-9-11-23-44)39(40(34)41)35-26-30(18-21-37(35)48-41)47-29-16-19-31(49-3)20-17-29/h4,16-21,25-26,28,32-33,38-40,43-44H,1,5-15,22-24,27H2,2-3H3/t28-,33+,38-,39+,40+,41+/m0/s1. The van der Waals surface area contributed by atoms with Crippen LogP contribution >= 0.6 is 23.5 Å². The van der Waals surface area contributed by atoms with Crippen molar-refractivity contribution < 1.29 is 29.3 Å². The highest BCUT2D eigenvalue weighted by Crippen LogP contribution is 2.63. The summed E-state index contributed by atoms with van der Waals surface area (Å²) in [5.74, 6) is 1.97. The smallest absolute Gasteiger partial charge is 0.230 e. The zero-order valence-electron chi connectivity index (χ0n) is 29.8. The molecule has 0 spiro atoms. The number of hydrogen-bond acceptors (Lipinski definition) is 9. The van der Waals surface area contributed by atoms with E-state index in [-0.39, 0.29) is 42.1 Å². The lowest BCUT2D eigenvalue weighted by atomic mass is 9.56. The van der Waals surface area contributed by atoms with Crippen LogP contribution in [0.25, 0.3) is 0 Å². The zero-order chi connectivity index (χ0) is 34.9. The average Bonchev–Trinajstić information content (AvgIpc) is 3.66. The van der Waals surface area contributed by atoms with Gasteiger partial charge < -0.3 is 29.3 Å². The van der Waals surface area contributed by atoms with Crippen LogP contribution in [0.5, 0.6) is 17.2 Å². The lowest BCUT2D eigenvalue weighted by Gasteiger charge is -2.58. The highest BCUT2D eigenvalue weighted by molar-refractivity contribution is 8.00. The molecule has 6 atom stereocenters. The highest BCUT2D eigenvalue weighted by Gasteiger charge is 2.64. The van der Waals surface area contributed by atoms with Crippen LogP contribution in [0.15, 0.2) is 76.8 Å². The molecule has 0 unspecified atom stereocenters. The van der Waals surface area contributed by atoms with Gasteiger partial charge in [-0.3, -0.25) is 0 Å². The third kappa shape index (κ3) is 8.12. The van der Waals surface area contributed by atoms with Crippen molar-refractivity contribution in [1.29, 1.82) is 0 Å². The van der Waals surface area contributed by atoms with Crippen LogP contribution < -0.4 is 9.47 Å². The van der Waals surface area contributed by atoms with E-state index in [0.29, 0.717) is 24.9 Å². The summed E-state index contributed by atoms with van der Waals surface area (Å²) in [6, 6.07) is 14.5. The fraction of sp³-hybridized carbons (Fsp3) is 0.585. The maximum absolute atomic E-state index is 9.85. The molecule has 0 aromatic heterocycles. The van der Waals surface area contributed by atoms with E-state index in [1.165, 1.54) is 36.2 Å². The molecule has 4 aliphatic rings. The Balaban J connectivity index is 1.51. The minimum absolute atomic E-state index is 0.0115. The summed E-state index contributed by atoms with van der Waals surface area (Å²) in [7, 11) is 0. The maximum atomic E-state index is 9.85. The first-order valence-electron chi connectivity index (χ1n) is 18.7. The number of aliphatic hydroxyl groups excluding tert-OH is 2. The number of oxime groups is 1. The summed E-state index contributed by atoms with van der Waals surface area (Å²) in [5, 5.41) is 25.0. The fourth-order valence-electron chi connectivity index (χ4n) is 8.69. The lowest BCUT2D eigenvalue weighted by molar-refractivity contribution is -0.223. The lowest BCUT2D eigenvalue weighted by Crippen LogP contribution is -2.64. The van der Waals surface area contributed by atoms with Crippen molar-refractivity contribution in [3.8, 4) is 17.2 Å². The van der Waals surface area contributed by atoms with Gasteiger partial charge in [-0.2, -0.15) is 0 Å². The first kappa shape index (κ1) is 37.3. The van der Waals surface area contributed by atoms with Gasteiger partial charge in [-0.05, 0) is 112 Å². The van der Waals surface area contributed by atoms with Gasteiger partial charge in [-0.15, -0.1) is 30.1 Å². The SMILES string of the molecule is C=CCO[C@@]12Oc3ccc(Oc4ccc(SC)cc4)cc3[C@H]3[C@H](CCCCO)[C@@H](CCCCO)C=C(C(=NOCC)C[C@@H]1SC1CCCC1)[C@H]32. The molecule has 2 saturated carbocycles. The quantitative estimate of drug-likeness (QED) is 0.0681. The van der Waals surface area contributed by atoms with Gasteiger partial charge in [-0.1, -0.05) is 43.0 Å². The zero-order valence-corrected chi connectivity index (χ0v) is 31.4. The van der Waals surface area contributed by atoms with Crippen LogP contribution in [0.2, 0.25) is 0 Å². The van der Waals surface area contributed by atoms with Gasteiger partial charge in [0.1, 0.15) is 23.9 Å². The third-order valence-corrected chi connectivity index (χ3v) is 13.3. The second-order valence-corrected chi connectivity index (χ2v) is 16.4. The number of ether oxygens (including phenoxy) is 3. The van der Waals surface area contributed by atoms with Crippen LogP contribution in [0, 0.1) is 17.8 Å². The summed E-state index contributed by atoms with van der Waals surface area (Å²) in [6.07, 6.45) is 17.4. The van der Waals surface area contributed by atoms with Gasteiger partial charge in [0.2, 0.25) is 5.79 Å². The second kappa shape index (κ2) is 17.9. The normalized spacial score (nSPS) is 28.0. The van der Waals surface area contributed by atoms with E-state index in [4.69, 9.17) is 24.2 Å². The molecule has 2 fully saturated rings. The van der Waals surface area contributed by atoms with E-state index in [1.807, 2.05) is 43.0 Å². The Kier molecular flexibility index (Phi) is 13.3. The van der Waals surface area contributed by atoms with Crippen LogP contribution in [-0.2, 0) is 9.57 Å². The van der Waals surface area contributed by atoms with E-state index in [0.717, 1.165) is 67.0 Å². The van der Waals surface area contributed by atoms with Crippen molar-refractivity contribution >= 4 is 29.2 Å². The topological polar surface area (TPSA) is 89.7 Å².